The minimum Gasteiger partial charge on any atom is -0.324 e. The topological polar surface area (TPSA) is 80.5 Å². The first-order valence-corrected chi connectivity index (χ1v) is 5.32. The van der Waals surface area contributed by atoms with Gasteiger partial charge in [-0.1, -0.05) is 0 Å². The Hall–Kier alpha value is -1.40. The third kappa shape index (κ3) is 2.54. The molecule has 3 N–H and O–H groups in total. The second-order valence-electron chi connectivity index (χ2n) is 3.11. The van der Waals surface area contributed by atoms with Crippen molar-refractivity contribution in [1.82, 2.24) is 20.2 Å². The summed E-state index contributed by atoms with van der Waals surface area (Å²) in [6.07, 6.45) is 3.22. The van der Waals surface area contributed by atoms with Crippen LogP contribution in [0.25, 0.3) is 0 Å². The summed E-state index contributed by atoms with van der Waals surface area (Å²) in [7, 11) is 0. The molecule has 15 heavy (non-hydrogen) atoms. The molecule has 2 aromatic rings. The van der Waals surface area contributed by atoms with Crippen molar-refractivity contribution >= 4 is 11.8 Å². The van der Waals surface area contributed by atoms with Crippen molar-refractivity contribution in [2.75, 3.05) is 0 Å². The lowest BCUT2D eigenvalue weighted by atomic mass is 10.1. The number of pyridine rings is 1. The fourth-order valence-corrected chi connectivity index (χ4v) is 1.81. The number of aromatic amines is 1. The van der Waals surface area contributed by atoms with Crippen LogP contribution in [0.5, 0.6) is 0 Å². The minimum atomic E-state index is 0.0158. The van der Waals surface area contributed by atoms with Crippen LogP contribution in [0.15, 0.2) is 34.8 Å². The van der Waals surface area contributed by atoms with E-state index in [4.69, 9.17) is 5.73 Å². The highest BCUT2D eigenvalue weighted by atomic mass is 32.2. The molecule has 6 heteroatoms. The summed E-state index contributed by atoms with van der Waals surface area (Å²) in [5.41, 5.74) is 6.85. The molecule has 0 radical (unpaired) electrons. The van der Waals surface area contributed by atoms with E-state index in [-0.39, 0.29) is 6.04 Å². The Morgan fingerprint density at radius 3 is 3.00 bits per heavy atom. The predicted octanol–water partition coefficient (Wildman–Crippen LogP) is 1.37. The lowest BCUT2D eigenvalue weighted by molar-refractivity contribution is 0.808. The quantitative estimate of drug-likeness (QED) is 0.818. The van der Waals surface area contributed by atoms with Gasteiger partial charge in [-0.05, 0) is 36.4 Å². The average Bonchev–Trinajstić information content (AvgIpc) is 2.71. The Morgan fingerprint density at radius 2 is 2.33 bits per heavy atom. The van der Waals surface area contributed by atoms with Gasteiger partial charge in [0.15, 0.2) is 5.16 Å². The summed E-state index contributed by atoms with van der Waals surface area (Å²) in [4.78, 5) is 8.23. The Kier molecular flexibility index (Phi) is 2.98. The zero-order valence-electron chi connectivity index (χ0n) is 8.21. The highest BCUT2D eigenvalue weighted by Gasteiger charge is 2.04. The maximum absolute atomic E-state index is 5.78. The molecule has 5 nitrogen and oxygen atoms in total. The van der Waals surface area contributed by atoms with Gasteiger partial charge in [-0.2, -0.15) is 5.10 Å². The van der Waals surface area contributed by atoms with Crippen LogP contribution < -0.4 is 5.73 Å². The summed E-state index contributed by atoms with van der Waals surface area (Å²) in [6, 6.07) is 3.88. The number of nitrogens with one attached hydrogen (secondary N) is 1. The fourth-order valence-electron chi connectivity index (χ4n) is 1.11. The van der Waals surface area contributed by atoms with E-state index in [1.54, 1.807) is 6.20 Å². The SMILES string of the molecule is C[C@@H](N)c1ccnc(Sc2ncn[nH]2)c1. The van der Waals surface area contributed by atoms with Crippen molar-refractivity contribution in [2.45, 2.75) is 23.1 Å². The molecule has 2 aromatic heterocycles. The molecule has 0 fully saturated rings. The van der Waals surface area contributed by atoms with Gasteiger partial charge in [0.25, 0.3) is 0 Å². The van der Waals surface area contributed by atoms with Crippen LogP contribution in [0.3, 0.4) is 0 Å². The van der Waals surface area contributed by atoms with E-state index >= 15 is 0 Å². The highest BCUT2D eigenvalue weighted by Crippen LogP contribution is 2.23. The molecule has 0 unspecified atom stereocenters. The molecule has 0 saturated carbocycles. The zero-order valence-corrected chi connectivity index (χ0v) is 9.03. The lowest BCUT2D eigenvalue weighted by Crippen LogP contribution is -2.04. The van der Waals surface area contributed by atoms with Gasteiger partial charge in [0, 0.05) is 12.2 Å². The van der Waals surface area contributed by atoms with Crippen molar-refractivity contribution in [2.24, 2.45) is 5.73 Å². The van der Waals surface area contributed by atoms with Gasteiger partial charge in [-0.25, -0.2) is 9.97 Å². The largest absolute Gasteiger partial charge is 0.324 e. The molecule has 0 saturated heterocycles. The molecular weight excluding hydrogens is 210 g/mol. The molecule has 0 aliphatic heterocycles. The van der Waals surface area contributed by atoms with E-state index in [9.17, 15) is 0 Å². The van der Waals surface area contributed by atoms with Gasteiger partial charge < -0.3 is 5.73 Å². The molecule has 0 aromatic carbocycles. The summed E-state index contributed by atoms with van der Waals surface area (Å²) in [5, 5.41) is 8.12. The van der Waals surface area contributed by atoms with E-state index < -0.39 is 0 Å². The number of H-pyrrole nitrogens is 1. The van der Waals surface area contributed by atoms with Crippen LogP contribution in [-0.4, -0.2) is 20.2 Å². The van der Waals surface area contributed by atoms with E-state index in [2.05, 4.69) is 20.2 Å². The molecule has 0 aliphatic rings. The van der Waals surface area contributed by atoms with Crippen LogP contribution in [0.1, 0.15) is 18.5 Å². The number of rotatable bonds is 3. The number of hydrogen-bond donors (Lipinski definition) is 2. The van der Waals surface area contributed by atoms with Gasteiger partial charge in [0.1, 0.15) is 11.4 Å². The summed E-state index contributed by atoms with van der Waals surface area (Å²) in [6.45, 7) is 1.94. The molecule has 0 bridgehead atoms. The molecule has 2 rings (SSSR count). The number of nitrogens with zero attached hydrogens (tertiary/aromatic N) is 3. The van der Waals surface area contributed by atoms with Crippen molar-refractivity contribution in [1.29, 1.82) is 0 Å². The van der Waals surface area contributed by atoms with Gasteiger partial charge in [-0.15, -0.1) is 0 Å². The van der Waals surface area contributed by atoms with Crippen molar-refractivity contribution in [3.63, 3.8) is 0 Å². The van der Waals surface area contributed by atoms with Gasteiger partial charge in [-0.3, -0.25) is 5.10 Å². The molecular formula is C9H11N5S. The lowest BCUT2D eigenvalue weighted by Gasteiger charge is -2.05. The van der Waals surface area contributed by atoms with E-state index in [0.717, 1.165) is 15.7 Å². The zero-order chi connectivity index (χ0) is 10.7. The third-order valence-electron chi connectivity index (χ3n) is 1.88. The predicted molar refractivity (Wildman–Crippen MR) is 57.3 cm³/mol. The summed E-state index contributed by atoms with van der Waals surface area (Å²) >= 11 is 1.43. The molecule has 78 valence electrons. The summed E-state index contributed by atoms with van der Waals surface area (Å²) < 4.78 is 0. The molecule has 0 aliphatic carbocycles. The van der Waals surface area contributed by atoms with Gasteiger partial charge in [0.05, 0.1) is 0 Å². The number of hydrogen-bond acceptors (Lipinski definition) is 5. The third-order valence-corrected chi connectivity index (χ3v) is 2.70. The highest BCUT2D eigenvalue weighted by molar-refractivity contribution is 7.99. The number of nitrogens with two attached hydrogens (primary N) is 1. The van der Waals surface area contributed by atoms with E-state index in [1.807, 2.05) is 19.1 Å². The standard InChI is InChI=1S/C9H11N5S/c1-6(10)7-2-3-11-8(4-7)15-9-12-5-13-14-9/h2-6H,10H2,1H3,(H,12,13,14)/t6-/m1/s1. The normalized spacial score (nSPS) is 12.7. The molecule has 2 heterocycles. The fraction of sp³-hybridized carbons (Fsp3) is 0.222. The van der Waals surface area contributed by atoms with Crippen molar-refractivity contribution in [3.8, 4) is 0 Å². The molecule has 1 atom stereocenters. The maximum Gasteiger partial charge on any atom is 0.189 e. The Labute approximate surface area is 91.5 Å². The van der Waals surface area contributed by atoms with Crippen molar-refractivity contribution < 1.29 is 0 Å². The molecule has 0 spiro atoms. The van der Waals surface area contributed by atoms with Crippen LogP contribution >= 0.6 is 11.8 Å². The second kappa shape index (κ2) is 4.41. The van der Waals surface area contributed by atoms with Crippen LogP contribution in [0.2, 0.25) is 0 Å². The van der Waals surface area contributed by atoms with E-state index in [1.165, 1.54) is 18.1 Å². The average molecular weight is 221 g/mol. The maximum atomic E-state index is 5.78. The summed E-state index contributed by atoms with van der Waals surface area (Å²) in [5.74, 6) is 0. The minimum absolute atomic E-state index is 0.0158. The van der Waals surface area contributed by atoms with Crippen LogP contribution in [0.4, 0.5) is 0 Å². The van der Waals surface area contributed by atoms with Gasteiger partial charge >= 0.3 is 0 Å². The van der Waals surface area contributed by atoms with E-state index in [0.29, 0.717) is 0 Å². The first kappa shape index (κ1) is 10.1. The first-order valence-electron chi connectivity index (χ1n) is 4.50. The first-order chi connectivity index (χ1) is 7.25. The Morgan fingerprint density at radius 1 is 1.47 bits per heavy atom. The Balaban J connectivity index is 2.18. The van der Waals surface area contributed by atoms with Gasteiger partial charge in [0.2, 0.25) is 0 Å². The van der Waals surface area contributed by atoms with Crippen LogP contribution in [0, 0.1) is 0 Å². The number of aromatic nitrogens is 4. The monoisotopic (exact) mass is 221 g/mol. The van der Waals surface area contributed by atoms with Crippen molar-refractivity contribution in [3.05, 3.63) is 30.2 Å². The Bertz CT molecular complexity index is 426. The molecule has 0 amide bonds. The van der Waals surface area contributed by atoms with Crippen LogP contribution in [-0.2, 0) is 0 Å². The smallest absolute Gasteiger partial charge is 0.189 e. The second-order valence-corrected chi connectivity index (χ2v) is 4.12.